The first kappa shape index (κ1) is 22.0. The van der Waals surface area contributed by atoms with E-state index in [1.54, 1.807) is 20.8 Å². The van der Waals surface area contributed by atoms with Crippen LogP contribution in [-0.2, 0) is 19.0 Å². The first-order chi connectivity index (χ1) is 13.9. The van der Waals surface area contributed by atoms with Crippen molar-refractivity contribution in [2.24, 2.45) is 0 Å². The molecule has 2 aromatic heterocycles. The van der Waals surface area contributed by atoms with Gasteiger partial charge in [0.05, 0.1) is 24.3 Å². The van der Waals surface area contributed by atoms with Crippen LogP contribution in [0.2, 0.25) is 0 Å². The van der Waals surface area contributed by atoms with Crippen LogP contribution in [0.3, 0.4) is 0 Å². The summed E-state index contributed by atoms with van der Waals surface area (Å²) in [5, 5.41) is 2.62. The summed E-state index contributed by atoms with van der Waals surface area (Å²) in [6, 6.07) is 2.90. The molecule has 0 unspecified atom stereocenters. The molecule has 0 bridgehead atoms. The Labute approximate surface area is 171 Å². The Kier molecular flexibility index (Phi) is 7.84. The van der Waals surface area contributed by atoms with Gasteiger partial charge in [-0.2, -0.15) is 0 Å². The van der Waals surface area contributed by atoms with E-state index in [0.717, 1.165) is 11.3 Å². The summed E-state index contributed by atoms with van der Waals surface area (Å²) < 4.78 is 14.9. The number of hydrogen-bond acceptors (Lipinski definition) is 9. The zero-order valence-electron chi connectivity index (χ0n) is 16.1. The minimum Gasteiger partial charge on any atom is -0.462 e. The molecule has 29 heavy (non-hydrogen) atoms. The summed E-state index contributed by atoms with van der Waals surface area (Å²) in [6.45, 7) is 4.58. The summed E-state index contributed by atoms with van der Waals surface area (Å²) >= 11 is 0.891. The van der Waals surface area contributed by atoms with Gasteiger partial charge in [0.1, 0.15) is 9.88 Å². The number of esters is 3. The molecule has 0 saturated heterocycles. The molecular weight excluding hydrogens is 400 g/mol. The van der Waals surface area contributed by atoms with E-state index >= 15 is 0 Å². The molecule has 0 spiro atoms. The van der Waals surface area contributed by atoms with Gasteiger partial charge in [-0.15, -0.1) is 11.3 Å². The molecule has 2 aromatic rings. The highest BCUT2D eigenvalue weighted by atomic mass is 32.1. The lowest BCUT2D eigenvalue weighted by Gasteiger charge is -2.08. The predicted octanol–water partition coefficient (Wildman–Crippen LogP) is 2.60. The van der Waals surface area contributed by atoms with Crippen LogP contribution in [0.5, 0.6) is 0 Å². The fraction of sp³-hybridized carbons (Fsp3) is 0.316. The van der Waals surface area contributed by atoms with E-state index in [1.807, 2.05) is 0 Å². The fourth-order valence-corrected chi connectivity index (χ4v) is 3.41. The molecule has 9 nitrogen and oxygen atoms in total. The normalized spacial score (nSPS) is 10.2. The maximum atomic E-state index is 12.3. The monoisotopic (exact) mass is 420 g/mol. The zero-order chi connectivity index (χ0) is 21.4. The first-order valence-electron chi connectivity index (χ1n) is 8.73. The molecule has 0 aromatic carbocycles. The molecule has 0 radical (unpaired) electrons. The Morgan fingerprint density at radius 1 is 0.966 bits per heavy atom. The fourth-order valence-electron chi connectivity index (χ4n) is 2.31. The van der Waals surface area contributed by atoms with Gasteiger partial charge in [-0.3, -0.25) is 9.78 Å². The lowest BCUT2D eigenvalue weighted by Crippen LogP contribution is -2.21. The van der Waals surface area contributed by atoms with Crippen molar-refractivity contribution in [3.8, 4) is 0 Å². The molecule has 1 N–H and O–H groups in total. The van der Waals surface area contributed by atoms with Crippen LogP contribution in [0.4, 0.5) is 5.00 Å². The van der Waals surface area contributed by atoms with E-state index in [0.29, 0.717) is 5.56 Å². The summed E-state index contributed by atoms with van der Waals surface area (Å²) in [5.41, 5.74) is 0.654. The van der Waals surface area contributed by atoms with E-state index < -0.39 is 30.4 Å². The Morgan fingerprint density at radius 3 is 2.21 bits per heavy atom. The molecule has 10 heteroatoms. The Morgan fingerprint density at radius 2 is 1.59 bits per heavy atom. The Balaban J connectivity index is 2.16. The minimum atomic E-state index is -0.692. The second-order valence-electron chi connectivity index (χ2n) is 5.56. The van der Waals surface area contributed by atoms with Crippen LogP contribution < -0.4 is 5.32 Å². The number of aromatic nitrogens is 1. The van der Waals surface area contributed by atoms with Crippen LogP contribution >= 0.6 is 11.3 Å². The van der Waals surface area contributed by atoms with Crippen molar-refractivity contribution < 1.29 is 33.4 Å². The van der Waals surface area contributed by atoms with Gasteiger partial charge in [0, 0.05) is 12.4 Å². The van der Waals surface area contributed by atoms with Gasteiger partial charge < -0.3 is 19.5 Å². The number of pyridine rings is 1. The van der Waals surface area contributed by atoms with Gasteiger partial charge >= 0.3 is 17.9 Å². The molecule has 0 atom stereocenters. The molecule has 0 aliphatic rings. The Bertz CT molecular complexity index is 909. The van der Waals surface area contributed by atoms with E-state index in [-0.39, 0.29) is 34.2 Å². The third-order valence-corrected chi connectivity index (χ3v) is 4.78. The van der Waals surface area contributed by atoms with Crippen molar-refractivity contribution in [1.29, 1.82) is 0 Å². The number of hydrogen-bond donors (Lipinski definition) is 1. The van der Waals surface area contributed by atoms with Crippen molar-refractivity contribution in [2.75, 3.05) is 25.1 Å². The Hall–Kier alpha value is -3.27. The van der Waals surface area contributed by atoms with Gasteiger partial charge in [0.2, 0.25) is 0 Å². The minimum absolute atomic E-state index is 0.0636. The first-order valence-corrected chi connectivity index (χ1v) is 9.55. The highest BCUT2D eigenvalue weighted by Crippen LogP contribution is 2.34. The van der Waals surface area contributed by atoms with Crippen LogP contribution in [0.25, 0.3) is 0 Å². The highest BCUT2D eigenvalue weighted by molar-refractivity contribution is 7.18. The van der Waals surface area contributed by atoms with Crippen LogP contribution in [-0.4, -0.2) is 48.6 Å². The molecular formula is C19H20N2O7S. The van der Waals surface area contributed by atoms with Gasteiger partial charge in [0.25, 0.3) is 5.91 Å². The standard InChI is InChI=1S/C19H20N2O7S/c1-4-26-18(24)14-11(3)15(19(25)27-5-2)29-16(14)21-13(22)10-28-17(23)12-6-8-20-9-7-12/h6-9H,4-5,10H2,1-3H3,(H,21,22). The van der Waals surface area contributed by atoms with Gasteiger partial charge in [-0.05, 0) is 38.5 Å². The maximum Gasteiger partial charge on any atom is 0.348 e. The lowest BCUT2D eigenvalue weighted by molar-refractivity contribution is -0.119. The van der Waals surface area contributed by atoms with E-state index in [4.69, 9.17) is 14.2 Å². The quantitative estimate of drug-likeness (QED) is 0.511. The van der Waals surface area contributed by atoms with Crippen molar-refractivity contribution in [1.82, 2.24) is 4.98 Å². The highest BCUT2D eigenvalue weighted by Gasteiger charge is 2.27. The molecule has 154 valence electrons. The summed E-state index contributed by atoms with van der Waals surface area (Å²) in [6.07, 6.45) is 2.85. The lowest BCUT2D eigenvalue weighted by atomic mass is 10.1. The van der Waals surface area contributed by atoms with Gasteiger partial charge in [-0.1, -0.05) is 0 Å². The number of anilines is 1. The molecule has 0 aliphatic heterocycles. The number of nitrogens with zero attached hydrogens (tertiary/aromatic N) is 1. The molecule has 2 heterocycles. The SMILES string of the molecule is CCOC(=O)c1sc(NC(=O)COC(=O)c2ccncc2)c(C(=O)OCC)c1C. The van der Waals surface area contributed by atoms with E-state index in [1.165, 1.54) is 24.5 Å². The molecule has 0 fully saturated rings. The molecule has 2 rings (SSSR count). The molecule has 0 aliphatic carbocycles. The van der Waals surface area contributed by atoms with Crippen molar-refractivity contribution in [3.63, 3.8) is 0 Å². The number of nitrogens with one attached hydrogen (secondary N) is 1. The van der Waals surface area contributed by atoms with Crippen molar-refractivity contribution in [2.45, 2.75) is 20.8 Å². The number of amides is 1. The van der Waals surface area contributed by atoms with Crippen molar-refractivity contribution >= 4 is 40.2 Å². The molecule has 1 amide bonds. The number of carbonyl (C=O) groups is 4. The summed E-state index contributed by atoms with van der Waals surface area (Å²) in [5.74, 6) is -2.65. The van der Waals surface area contributed by atoms with Gasteiger partial charge in [-0.25, -0.2) is 14.4 Å². The van der Waals surface area contributed by atoms with Gasteiger partial charge in [0.15, 0.2) is 6.61 Å². The van der Waals surface area contributed by atoms with Crippen LogP contribution in [0.15, 0.2) is 24.5 Å². The predicted molar refractivity (Wildman–Crippen MR) is 104 cm³/mol. The number of rotatable bonds is 8. The maximum absolute atomic E-state index is 12.3. The average molecular weight is 420 g/mol. The number of thiophene rings is 1. The van der Waals surface area contributed by atoms with E-state index in [9.17, 15) is 19.2 Å². The third-order valence-electron chi connectivity index (χ3n) is 3.59. The number of ether oxygens (including phenoxy) is 3. The number of carbonyl (C=O) groups excluding carboxylic acids is 4. The van der Waals surface area contributed by atoms with E-state index in [2.05, 4.69) is 10.3 Å². The second kappa shape index (κ2) is 10.3. The van der Waals surface area contributed by atoms with Crippen LogP contribution in [0.1, 0.15) is 49.8 Å². The largest absolute Gasteiger partial charge is 0.462 e. The third kappa shape index (κ3) is 5.61. The zero-order valence-corrected chi connectivity index (χ0v) is 17.0. The van der Waals surface area contributed by atoms with Crippen molar-refractivity contribution in [3.05, 3.63) is 46.1 Å². The second-order valence-corrected chi connectivity index (χ2v) is 6.58. The average Bonchev–Trinajstić information content (AvgIpc) is 3.03. The summed E-state index contributed by atoms with van der Waals surface area (Å²) in [4.78, 5) is 52.5. The van der Waals surface area contributed by atoms with Crippen LogP contribution in [0, 0.1) is 6.92 Å². The summed E-state index contributed by atoms with van der Waals surface area (Å²) in [7, 11) is 0. The molecule has 0 saturated carbocycles. The topological polar surface area (TPSA) is 121 Å². The smallest absolute Gasteiger partial charge is 0.348 e.